The molecule has 0 heterocycles. The SMILES string of the molecule is CCOC(CNC(=O)Cc1ccccc1C)OCC. The largest absolute Gasteiger partial charge is 0.351 e. The lowest BCUT2D eigenvalue weighted by atomic mass is 10.1. The number of hydrogen-bond donors (Lipinski definition) is 1. The van der Waals surface area contributed by atoms with Gasteiger partial charge in [0.2, 0.25) is 5.91 Å². The summed E-state index contributed by atoms with van der Waals surface area (Å²) in [5, 5.41) is 2.84. The number of amides is 1. The molecule has 0 fully saturated rings. The van der Waals surface area contributed by atoms with Gasteiger partial charge in [0.1, 0.15) is 0 Å². The highest BCUT2D eigenvalue weighted by atomic mass is 16.7. The van der Waals surface area contributed by atoms with Crippen LogP contribution >= 0.6 is 0 Å². The minimum Gasteiger partial charge on any atom is -0.351 e. The second kappa shape index (κ2) is 8.67. The third-order valence-corrected chi connectivity index (χ3v) is 2.78. The summed E-state index contributed by atoms with van der Waals surface area (Å²) in [6.45, 7) is 7.33. The Kier molecular flexibility index (Phi) is 7.15. The van der Waals surface area contributed by atoms with Crippen LogP contribution in [-0.2, 0) is 20.7 Å². The fraction of sp³-hybridized carbons (Fsp3) is 0.533. The molecule has 19 heavy (non-hydrogen) atoms. The summed E-state index contributed by atoms with van der Waals surface area (Å²) < 4.78 is 10.7. The van der Waals surface area contributed by atoms with Crippen LogP contribution in [-0.4, -0.2) is 32.0 Å². The molecule has 0 unspecified atom stereocenters. The van der Waals surface area contributed by atoms with Crippen LogP contribution < -0.4 is 5.32 Å². The predicted octanol–water partition coefficient (Wildman–Crippen LogP) is 2.05. The molecule has 4 nitrogen and oxygen atoms in total. The molecule has 0 bridgehead atoms. The molecule has 1 amide bonds. The van der Waals surface area contributed by atoms with Gasteiger partial charge in [0, 0.05) is 13.2 Å². The van der Waals surface area contributed by atoms with Crippen molar-refractivity contribution in [1.82, 2.24) is 5.32 Å². The van der Waals surface area contributed by atoms with E-state index in [1.165, 1.54) is 0 Å². The fourth-order valence-corrected chi connectivity index (χ4v) is 1.78. The molecule has 0 aliphatic rings. The smallest absolute Gasteiger partial charge is 0.224 e. The number of ether oxygens (including phenoxy) is 2. The Morgan fingerprint density at radius 1 is 1.21 bits per heavy atom. The van der Waals surface area contributed by atoms with Crippen LogP contribution in [0.5, 0.6) is 0 Å². The van der Waals surface area contributed by atoms with E-state index in [1.807, 2.05) is 45.0 Å². The molecule has 0 atom stereocenters. The molecule has 1 rings (SSSR count). The second-order valence-corrected chi connectivity index (χ2v) is 4.25. The summed E-state index contributed by atoms with van der Waals surface area (Å²) in [7, 11) is 0. The maximum atomic E-state index is 11.9. The van der Waals surface area contributed by atoms with Crippen molar-refractivity contribution < 1.29 is 14.3 Å². The number of carbonyl (C=O) groups excluding carboxylic acids is 1. The summed E-state index contributed by atoms with van der Waals surface area (Å²) in [5.41, 5.74) is 2.17. The molecule has 1 aromatic carbocycles. The standard InChI is InChI=1S/C15H23NO3/c1-4-18-15(19-5-2)11-16-14(17)10-13-9-7-6-8-12(13)3/h6-9,15H,4-5,10-11H2,1-3H3,(H,16,17). The van der Waals surface area contributed by atoms with Gasteiger partial charge < -0.3 is 14.8 Å². The summed E-state index contributed by atoms with van der Waals surface area (Å²) in [5.74, 6) is -0.0151. The van der Waals surface area contributed by atoms with Crippen molar-refractivity contribution in [2.45, 2.75) is 33.5 Å². The fourth-order valence-electron chi connectivity index (χ4n) is 1.78. The second-order valence-electron chi connectivity index (χ2n) is 4.25. The zero-order chi connectivity index (χ0) is 14.1. The Labute approximate surface area is 115 Å². The Morgan fingerprint density at radius 3 is 2.42 bits per heavy atom. The average molecular weight is 265 g/mol. The van der Waals surface area contributed by atoms with E-state index in [1.54, 1.807) is 0 Å². The Bertz CT molecular complexity index is 387. The van der Waals surface area contributed by atoms with Gasteiger partial charge in [-0.3, -0.25) is 4.79 Å². The number of carbonyl (C=O) groups is 1. The minimum absolute atomic E-state index is 0.0151. The molecule has 0 radical (unpaired) electrons. The number of hydrogen-bond acceptors (Lipinski definition) is 3. The van der Waals surface area contributed by atoms with E-state index in [9.17, 15) is 4.79 Å². The van der Waals surface area contributed by atoms with E-state index in [-0.39, 0.29) is 12.2 Å². The highest BCUT2D eigenvalue weighted by molar-refractivity contribution is 5.78. The summed E-state index contributed by atoms with van der Waals surface area (Å²) >= 11 is 0. The van der Waals surface area contributed by atoms with E-state index < -0.39 is 0 Å². The third kappa shape index (κ3) is 5.85. The van der Waals surface area contributed by atoms with Gasteiger partial charge in [-0.05, 0) is 31.9 Å². The molecule has 0 aliphatic carbocycles. The molecule has 0 saturated heterocycles. The van der Waals surface area contributed by atoms with Gasteiger partial charge in [-0.25, -0.2) is 0 Å². The molecule has 1 aromatic rings. The first-order valence-corrected chi connectivity index (χ1v) is 6.71. The van der Waals surface area contributed by atoms with Crippen LogP contribution in [0.2, 0.25) is 0 Å². The van der Waals surface area contributed by atoms with Crippen molar-refractivity contribution in [2.24, 2.45) is 0 Å². The Morgan fingerprint density at radius 2 is 1.84 bits per heavy atom. The molecule has 0 spiro atoms. The predicted molar refractivity (Wildman–Crippen MR) is 74.9 cm³/mol. The van der Waals surface area contributed by atoms with Crippen LogP contribution in [0.4, 0.5) is 0 Å². The summed E-state index contributed by atoms with van der Waals surface area (Å²) in [6.07, 6.45) is 0.0216. The number of rotatable bonds is 8. The van der Waals surface area contributed by atoms with E-state index in [4.69, 9.17) is 9.47 Å². The lowest BCUT2D eigenvalue weighted by Gasteiger charge is -2.17. The summed E-state index contributed by atoms with van der Waals surface area (Å²) in [6, 6.07) is 7.89. The zero-order valence-electron chi connectivity index (χ0n) is 11.9. The zero-order valence-corrected chi connectivity index (χ0v) is 11.9. The van der Waals surface area contributed by atoms with Crippen molar-refractivity contribution in [3.8, 4) is 0 Å². The molecule has 1 N–H and O–H groups in total. The van der Waals surface area contributed by atoms with Crippen LogP contribution in [0.3, 0.4) is 0 Å². The Balaban J connectivity index is 2.40. The Hall–Kier alpha value is -1.39. The molecule has 0 aromatic heterocycles. The maximum absolute atomic E-state index is 11.9. The van der Waals surface area contributed by atoms with Gasteiger partial charge in [-0.1, -0.05) is 24.3 Å². The highest BCUT2D eigenvalue weighted by Gasteiger charge is 2.11. The maximum Gasteiger partial charge on any atom is 0.224 e. The van der Waals surface area contributed by atoms with E-state index >= 15 is 0 Å². The number of nitrogens with one attached hydrogen (secondary N) is 1. The first-order valence-electron chi connectivity index (χ1n) is 6.71. The molecular formula is C15H23NO3. The van der Waals surface area contributed by atoms with Gasteiger partial charge in [0.05, 0.1) is 13.0 Å². The van der Waals surface area contributed by atoms with Crippen LogP contribution in [0.15, 0.2) is 24.3 Å². The van der Waals surface area contributed by atoms with Crippen LogP contribution in [0.1, 0.15) is 25.0 Å². The van der Waals surface area contributed by atoms with Crippen molar-refractivity contribution >= 4 is 5.91 Å². The van der Waals surface area contributed by atoms with Gasteiger partial charge in [0.15, 0.2) is 6.29 Å². The molecule has 0 aliphatic heterocycles. The van der Waals surface area contributed by atoms with Crippen molar-refractivity contribution in [3.63, 3.8) is 0 Å². The van der Waals surface area contributed by atoms with Gasteiger partial charge >= 0.3 is 0 Å². The van der Waals surface area contributed by atoms with Crippen LogP contribution in [0, 0.1) is 6.92 Å². The number of benzene rings is 1. The highest BCUT2D eigenvalue weighted by Crippen LogP contribution is 2.07. The molecule has 0 saturated carbocycles. The van der Waals surface area contributed by atoms with Gasteiger partial charge in [0.25, 0.3) is 0 Å². The summed E-state index contributed by atoms with van der Waals surface area (Å²) in [4.78, 5) is 11.9. The van der Waals surface area contributed by atoms with E-state index in [0.29, 0.717) is 26.2 Å². The first kappa shape index (κ1) is 15.7. The normalized spacial score (nSPS) is 10.7. The van der Waals surface area contributed by atoms with Gasteiger partial charge in [-0.2, -0.15) is 0 Å². The van der Waals surface area contributed by atoms with E-state index in [0.717, 1.165) is 11.1 Å². The monoisotopic (exact) mass is 265 g/mol. The molecule has 4 heteroatoms. The van der Waals surface area contributed by atoms with Crippen molar-refractivity contribution in [3.05, 3.63) is 35.4 Å². The minimum atomic E-state index is -0.365. The number of aryl methyl sites for hydroxylation is 1. The molecular weight excluding hydrogens is 242 g/mol. The quantitative estimate of drug-likeness (QED) is 0.732. The van der Waals surface area contributed by atoms with Crippen LogP contribution in [0.25, 0.3) is 0 Å². The first-order chi connectivity index (χ1) is 9.17. The third-order valence-electron chi connectivity index (χ3n) is 2.78. The lowest BCUT2D eigenvalue weighted by Crippen LogP contribution is -2.36. The topological polar surface area (TPSA) is 47.6 Å². The van der Waals surface area contributed by atoms with E-state index in [2.05, 4.69) is 5.32 Å². The average Bonchev–Trinajstić information content (AvgIpc) is 2.39. The van der Waals surface area contributed by atoms with Gasteiger partial charge in [-0.15, -0.1) is 0 Å². The lowest BCUT2D eigenvalue weighted by molar-refractivity contribution is -0.140. The van der Waals surface area contributed by atoms with Crippen molar-refractivity contribution in [2.75, 3.05) is 19.8 Å². The molecule has 106 valence electrons. The van der Waals surface area contributed by atoms with Crippen molar-refractivity contribution in [1.29, 1.82) is 0 Å².